The highest BCUT2D eigenvalue weighted by atomic mass is 79.9. The molecule has 1 aromatic heterocycles. The van der Waals surface area contributed by atoms with Gasteiger partial charge in [-0.1, -0.05) is 0 Å². The molecule has 0 unspecified atom stereocenters. The topological polar surface area (TPSA) is 31.4 Å². The molecule has 14 heavy (non-hydrogen) atoms. The van der Waals surface area contributed by atoms with E-state index in [0.717, 1.165) is 4.47 Å². The van der Waals surface area contributed by atoms with Crippen LogP contribution in [0.1, 0.15) is 5.56 Å². The molecule has 3 nitrogen and oxygen atoms in total. The van der Waals surface area contributed by atoms with E-state index < -0.39 is 5.67 Å². The number of nitrogens with zero attached hydrogens (tertiary/aromatic N) is 1. The van der Waals surface area contributed by atoms with E-state index in [1.807, 2.05) is 0 Å². The quantitative estimate of drug-likeness (QED) is 0.817. The largest absolute Gasteiger partial charge is 0.481 e. The molecule has 2 heterocycles. The van der Waals surface area contributed by atoms with Gasteiger partial charge in [-0.15, -0.1) is 0 Å². The fraction of sp³-hybridized carbons (Fsp3) is 0.444. The summed E-state index contributed by atoms with van der Waals surface area (Å²) >= 11 is 3.25. The summed E-state index contributed by atoms with van der Waals surface area (Å²) in [5.74, 6) is 0.319. The van der Waals surface area contributed by atoms with Crippen molar-refractivity contribution in [1.29, 1.82) is 0 Å². The van der Waals surface area contributed by atoms with E-state index in [2.05, 4.69) is 20.9 Å². The number of hydrogen-bond donors (Lipinski definition) is 0. The number of halogens is 2. The van der Waals surface area contributed by atoms with E-state index in [4.69, 9.17) is 9.47 Å². The summed E-state index contributed by atoms with van der Waals surface area (Å²) in [6.07, 6.45) is 1.57. The lowest BCUT2D eigenvalue weighted by molar-refractivity contribution is -0.136. The molecule has 0 aliphatic carbocycles. The predicted octanol–water partition coefficient (Wildman–Crippen LogP) is 2.05. The first kappa shape index (κ1) is 9.86. The van der Waals surface area contributed by atoms with E-state index in [9.17, 15) is 4.39 Å². The summed E-state index contributed by atoms with van der Waals surface area (Å²) < 4.78 is 24.6. The lowest BCUT2D eigenvalue weighted by Gasteiger charge is -2.34. The molecule has 1 fully saturated rings. The van der Waals surface area contributed by atoms with Crippen LogP contribution in [0.3, 0.4) is 0 Å². The number of methoxy groups -OCH3 is 1. The zero-order chi connectivity index (χ0) is 10.2. The second kappa shape index (κ2) is 3.47. The number of aromatic nitrogens is 1. The van der Waals surface area contributed by atoms with Gasteiger partial charge in [0, 0.05) is 10.7 Å². The van der Waals surface area contributed by atoms with Crippen molar-refractivity contribution in [3.63, 3.8) is 0 Å². The second-order valence-electron chi connectivity index (χ2n) is 3.17. The van der Waals surface area contributed by atoms with Gasteiger partial charge in [-0.25, -0.2) is 9.37 Å². The maximum atomic E-state index is 14.0. The van der Waals surface area contributed by atoms with E-state index >= 15 is 0 Å². The summed E-state index contributed by atoms with van der Waals surface area (Å²) in [5, 5.41) is 0. The van der Waals surface area contributed by atoms with Gasteiger partial charge in [0.2, 0.25) is 5.88 Å². The number of ether oxygens (including phenoxy) is 2. The van der Waals surface area contributed by atoms with Crippen molar-refractivity contribution < 1.29 is 13.9 Å². The fourth-order valence-corrected chi connectivity index (χ4v) is 1.68. The van der Waals surface area contributed by atoms with E-state index in [1.54, 1.807) is 12.3 Å². The van der Waals surface area contributed by atoms with Crippen molar-refractivity contribution in [1.82, 2.24) is 4.98 Å². The van der Waals surface area contributed by atoms with Crippen molar-refractivity contribution in [3.05, 3.63) is 22.3 Å². The Kier molecular flexibility index (Phi) is 2.45. The van der Waals surface area contributed by atoms with Gasteiger partial charge in [0.15, 0.2) is 5.67 Å². The minimum atomic E-state index is -1.44. The van der Waals surface area contributed by atoms with Crippen LogP contribution >= 0.6 is 15.9 Å². The average molecular weight is 262 g/mol. The van der Waals surface area contributed by atoms with Crippen molar-refractivity contribution in [2.45, 2.75) is 5.67 Å². The van der Waals surface area contributed by atoms with Crippen LogP contribution in [-0.2, 0) is 10.4 Å². The molecule has 76 valence electrons. The zero-order valence-electron chi connectivity index (χ0n) is 7.59. The molecule has 0 aromatic carbocycles. The Morgan fingerprint density at radius 1 is 1.64 bits per heavy atom. The summed E-state index contributed by atoms with van der Waals surface area (Å²) in [4.78, 5) is 3.98. The van der Waals surface area contributed by atoms with Gasteiger partial charge in [0.25, 0.3) is 0 Å². The summed E-state index contributed by atoms with van der Waals surface area (Å²) in [5.41, 5.74) is -0.997. The maximum Gasteiger partial charge on any atom is 0.219 e. The SMILES string of the molecule is COc1ncc(Br)cc1C1(F)COC1. The molecule has 2 rings (SSSR count). The minimum Gasteiger partial charge on any atom is -0.481 e. The number of rotatable bonds is 2. The molecule has 0 radical (unpaired) electrons. The van der Waals surface area contributed by atoms with Gasteiger partial charge in [-0.05, 0) is 22.0 Å². The van der Waals surface area contributed by atoms with E-state index in [0.29, 0.717) is 11.4 Å². The Labute approximate surface area is 89.4 Å². The second-order valence-corrected chi connectivity index (χ2v) is 4.08. The Bertz CT molecular complexity index is 355. The first-order valence-electron chi connectivity index (χ1n) is 4.12. The van der Waals surface area contributed by atoms with Crippen molar-refractivity contribution in [2.24, 2.45) is 0 Å². The minimum absolute atomic E-state index is 0.0709. The van der Waals surface area contributed by atoms with Gasteiger partial charge in [-0.2, -0.15) is 0 Å². The third kappa shape index (κ3) is 1.50. The lowest BCUT2D eigenvalue weighted by Crippen LogP contribution is -2.42. The monoisotopic (exact) mass is 261 g/mol. The molecule has 1 aliphatic heterocycles. The maximum absolute atomic E-state index is 14.0. The van der Waals surface area contributed by atoms with Crippen LogP contribution in [0.2, 0.25) is 0 Å². The lowest BCUT2D eigenvalue weighted by atomic mass is 9.95. The predicted molar refractivity (Wildman–Crippen MR) is 52.1 cm³/mol. The van der Waals surface area contributed by atoms with Crippen LogP contribution in [-0.4, -0.2) is 25.3 Å². The van der Waals surface area contributed by atoms with Crippen molar-refractivity contribution in [3.8, 4) is 5.88 Å². The van der Waals surface area contributed by atoms with E-state index in [1.165, 1.54) is 7.11 Å². The molecule has 0 amide bonds. The Morgan fingerprint density at radius 3 is 2.86 bits per heavy atom. The zero-order valence-corrected chi connectivity index (χ0v) is 9.17. The third-order valence-electron chi connectivity index (χ3n) is 2.16. The van der Waals surface area contributed by atoms with Crippen LogP contribution in [0.4, 0.5) is 4.39 Å². The van der Waals surface area contributed by atoms with Crippen LogP contribution < -0.4 is 4.74 Å². The first-order valence-corrected chi connectivity index (χ1v) is 4.92. The smallest absolute Gasteiger partial charge is 0.219 e. The van der Waals surface area contributed by atoms with Crippen LogP contribution in [0.5, 0.6) is 5.88 Å². The number of hydrogen-bond acceptors (Lipinski definition) is 3. The standard InChI is InChI=1S/C9H9BrFNO2/c1-13-8-7(2-6(10)3-12-8)9(11)4-14-5-9/h2-3H,4-5H2,1H3. The average Bonchev–Trinajstić information content (AvgIpc) is 2.14. The molecule has 0 atom stereocenters. The normalized spacial score (nSPS) is 18.8. The molecule has 1 aromatic rings. The van der Waals surface area contributed by atoms with Crippen LogP contribution in [0.15, 0.2) is 16.7 Å². The van der Waals surface area contributed by atoms with Crippen LogP contribution in [0, 0.1) is 0 Å². The molecule has 1 aliphatic rings. The summed E-state index contributed by atoms with van der Waals surface area (Å²) in [7, 11) is 1.47. The molecule has 0 spiro atoms. The molecule has 0 N–H and O–H groups in total. The van der Waals surface area contributed by atoms with Crippen LogP contribution in [0.25, 0.3) is 0 Å². The fourth-order valence-electron chi connectivity index (χ4n) is 1.35. The van der Waals surface area contributed by atoms with Gasteiger partial charge >= 0.3 is 0 Å². The van der Waals surface area contributed by atoms with Gasteiger partial charge < -0.3 is 9.47 Å². The number of alkyl halides is 1. The first-order chi connectivity index (χ1) is 6.65. The Balaban J connectivity index is 2.43. The highest BCUT2D eigenvalue weighted by Gasteiger charge is 2.43. The summed E-state index contributed by atoms with van der Waals surface area (Å²) in [6.45, 7) is 0.142. The van der Waals surface area contributed by atoms with Gasteiger partial charge in [0.1, 0.15) is 0 Å². The summed E-state index contributed by atoms with van der Waals surface area (Å²) in [6, 6.07) is 1.67. The Morgan fingerprint density at radius 2 is 2.36 bits per heavy atom. The molecule has 0 saturated carbocycles. The Hall–Kier alpha value is -0.680. The highest BCUT2D eigenvalue weighted by molar-refractivity contribution is 9.10. The molecular weight excluding hydrogens is 253 g/mol. The molecule has 0 bridgehead atoms. The third-order valence-corrected chi connectivity index (χ3v) is 2.59. The van der Waals surface area contributed by atoms with Crippen molar-refractivity contribution in [2.75, 3.05) is 20.3 Å². The van der Waals surface area contributed by atoms with Crippen molar-refractivity contribution >= 4 is 15.9 Å². The highest BCUT2D eigenvalue weighted by Crippen LogP contribution is 2.39. The molecule has 1 saturated heterocycles. The molecular formula is C9H9BrFNO2. The van der Waals surface area contributed by atoms with Gasteiger partial charge in [0.05, 0.1) is 25.9 Å². The van der Waals surface area contributed by atoms with Gasteiger partial charge in [-0.3, -0.25) is 0 Å². The number of pyridine rings is 1. The molecule has 5 heteroatoms. The van der Waals surface area contributed by atoms with E-state index in [-0.39, 0.29) is 13.2 Å².